The Morgan fingerprint density at radius 2 is 1.32 bits per heavy atom. The number of nitrogen functional groups attached to an aromatic ring is 1. The normalized spacial score (nSPS) is 11.3. The Hall–Kier alpha value is -6.61. The molecule has 0 amide bonds. The lowest BCUT2D eigenvalue weighted by molar-refractivity contribution is 0.0526. The second-order valence-electron chi connectivity index (χ2n) is 12.7. The second kappa shape index (κ2) is 15.7. The van der Waals surface area contributed by atoms with Gasteiger partial charge < -0.3 is 15.4 Å². The standard InChI is InChI=1S/C44H41N7O2/c1-3-28-50(41-40(43(52)53-4-2)29-37(45)30-46-41)31-32-24-26-33(27-25-32)38-22-14-15-23-39(38)42-47-48-49-51(42)44(34-16-8-5-9-17-34,35-18-10-6-11-19-35)36-20-12-7-13-21-36/h5-27,29-30H,3-4,28,31,45H2,1-2H3. The molecule has 0 saturated carbocycles. The van der Waals surface area contributed by atoms with Crippen LogP contribution in [-0.4, -0.2) is 44.3 Å². The lowest BCUT2D eigenvalue weighted by atomic mass is 9.77. The number of pyridine rings is 1. The van der Waals surface area contributed by atoms with Crippen molar-refractivity contribution in [3.05, 3.63) is 180 Å². The first kappa shape index (κ1) is 34.8. The maximum atomic E-state index is 12.9. The summed E-state index contributed by atoms with van der Waals surface area (Å²) in [4.78, 5) is 19.5. The summed E-state index contributed by atoms with van der Waals surface area (Å²) in [5.41, 5.74) is 13.0. The number of tetrazole rings is 1. The van der Waals surface area contributed by atoms with Crippen LogP contribution >= 0.6 is 0 Å². The van der Waals surface area contributed by atoms with Crippen molar-refractivity contribution in [2.45, 2.75) is 32.4 Å². The molecule has 7 aromatic rings. The van der Waals surface area contributed by atoms with Crippen LogP contribution in [-0.2, 0) is 16.8 Å². The van der Waals surface area contributed by atoms with E-state index in [-0.39, 0.29) is 6.61 Å². The molecule has 0 aliphatic rings. The molecule has 5 aromatic carbocycles. The Balaban J connectivity index is 1.30. The number of carbonyl (C=O) groups is 1. The lowest BCUT2D eigenvalue weighted by Crippen LogP contribution is -2.39. The van der Waals surface area contributed by atoms with E-state index in [1.807, 2.05) is 35.0 Å². The zero-order chi connectivity index (χ0) is 36.6. The lowest BCUT2D eigenvalue weighted by Gasteiger charge is -2.36. The van der Waals surface area contributed by atoms with Crippen LogP contribution < -0.4 is 10.6 Å². The van der Waals surface area contributed by atoms with Gasteiger partial charge in [-0.2, -0.15) is 0 Å². The Bertz CT molecular complexity index is 2180. The Kier molecular flexibility index (Phi) is 10.3. The second-order valence-corrected chi connectivity index (χ2v) is 12.7. The van der Waals surface area contributed by atoms with E-state index in [1.54, 1.807) is 19.2 Å². The van der Waals surface area contributed by atoms with Crippen LogP contribution in [0.3, 0.4) is 0 Å². The summed E-state index contributed by atoms with van der Waals surface area (Å²) < 4.78 is 7.30. The van der Waals surface area contributed by atoms with E-state index in [9.17, 15) is 4.79 Å². The summed E-state index contributed by atoms with van der Waals surface area (Å²) in [6.45, 7) is 5.40. The molecule has 2 heterocycles. The Morgan fingerprint density at radius 1 is 0.755 bits per heavy atom. The van der Waals surface area contributed by atoms with Gasteiger partial charge in [-0.1, -0.05) is 146 Å². The van der Waals surface area contributed by atoms with Crippen LogP contribution in [0.5, 0.6) is 0 Å². The number of anilines is 2. The van der Waals surface area contributed by atoms with Crippen molar-refractivity contribution >= 4 is 17.5 Å². The fourth-order valence-corrected chi connectivity index (χ4v) is 7.04. The highest BCUT2D eigenvalue weighted by Gasteiger charge is 2.42. The molecule has 9 heteroatoms. The first-order valence-electron chi connectivity index (χ1n) is 17.9. The highest BCUT2D eigenvalue weighted by Crippen LogP contribution is 2.43. The van der Waals surface area contributed by atoms with Crippen molar-refractivity contribution in [1.82, 2.24) is 25.2 Å². The maximum Gasteiger partial charge on any atom is 0.341 e. The van der Waals surface area contributed by atoms with Gasteiger partial charge in [-0.3, -0.25) is 0 Å². The minimum absolute atomic E-state index is 0.266. The van der Waals surface area contributed by atoms with Gasteiger partial charge in [-0.25, -0.2) is 14.5 Å². The average molecular weight is 700 g/mol. The van der Waals surface area contributed by atoms with Crippen molar-refractivity contribution in [1.29, 1.82) is 0 Å². The van der Waals surface area contributed by atoms with Gasteiger partial charge in [0.1, 0.15) is 16.9 Å². The first-order chi connectivity index (χ1) is 26.0. The molecule has 0 bridgehead atoms. The number of rotatable bonds is 13. The minimum atomic E-state index is -0.874. The molecule has 0 unspecified atom stereocenters. The van der Waals surface area contributed by atoms with Crippen LogP contribution in [0.4, 0.5) is 11.5 Å². The molecule has 0 radical (unpaired) electrons. The molecular weight excluding hydrogens is 659 g/mol. The Labute approximate surface area is 309 Å². The molecule has 0 atom stereocenters. The van der Waals surface area contributed by atoms with E-state index < -0.39 is 11.5 Å². The summed E-state index contributed by atoms with van der Waals surface area (Å²) in [6, 6.07) is 49.5. The molecular formula is C44H41N7O2. The van der Waals surface area contributed by atoms with Gasteiger partial charge in [0.15, 0.2) is 5.82 Å². The highest BCUT2D eigenvalue weighted by atomic mass is 16.5. The van der Waals surface area contributed by atoms with Crippen molar-refractivity contribution < 1.29 is 9.53 Å². The minimum Gasteiger partial charge on any atom is -0.462 e. The largest absolute Gasteiger partial charge is 0.462 e. The predicted molar refractivity (Wildman–Crippen MR) is 209 cm³/mol. The SMILES string of the molecule is CCCN(Cc1ccc(-c2ccccc2-c2nnnn2C(c2ccccc2)(c2ccccc2)c2ccccc2)cc1)c1ncc(N)cc1C(=O)OCC. The summed E-state index contributed by atoms with van der Waals surface area (Å²) in [7, 11) is 0. The number of nitrogens with two attached hydrogens (primary N) is 1. The topological polar surface area (TPSA) is 112 Å². The number of hydrogen-bond acceptors (Lipinski definition) is 8. The van der Waals surface area contributed by atoms with E-state index in [2.05, 4.69) is 131 Å². The highest BCUT2D eigenvalue weighted by molar-refractivity contribution is 5.95. The smallest absolute Gasteiger partial charge is 0.341 e. The van der Waals surface area contributed by atoms with Crippen LogP contribution in [0.1, 0.15) is 52.9 Å². The molecule has 0 aliphatic carbocycles. The molecule has 2 aromatic heterocycles. The number of esters is 1. The molecule has 0 fully saturated rings. The first-order valence-corrected chi connectivity index (χ1v) is 17.9. The van der Waals surface area contributed by atoms with Crippen molar-refractivity contribution in [3.63, 3.8) is 0 Å². The summed E-state index contributed by atoms with van der Waals surface area (Å²) >= 11 is 0. The van der Waals surface area contributed by atoms with Gasteiger partial charge in [0.05, 0.1) is 18.5 Å². The van der Waals surface area contributed by atoms with Gasteiger partial charge in [0.25, 0.3) is 0 Å². The third kappa shape index (κ3) is 6.89. The molecule has 7 rings (SSSR count). The quantitative estimate of drug-likeness (QED) is 0.0944. The van der Waals surface area contributed by atoms with E-state index >= 15 is 0 Å². The third-order valence-corrected chi connectivity index (χ3v) is 9.34. The van der Waals surface area contributed by atoms with Crippen LogP contribution in [0.2, 0.25) is 0 Å². The molecule has 0 saturated heterocycles. The van der Waals surface area contributed by atoms with Gasteiger partial charge in [-0.05, 0) is 63.2 Å². The van der Waals surface area contributed by atoms with Gasteiger partial charge >= 0.3 is 5.97 Å². The van der Waals surface area contributed by atoms with Crippen LogP contribution in [0.25, 0.3) is 22.5 Å². The predicted octanol–water partition coefficient (Wildman–Crippen LogP) is 8.42. The summed E-state index contributed by atoms with van der Waals surface area (Å²) in [5, 5.41) is 13.8. The molecule has 0 aliphatic heterocycles. The number of hydrogen-bond donors (Lipinski definition) is 1. The third-order valence-electron chi connectivity index (χ3n) is 9.34. The fourth-order valence-electron chi connectivity index (χ4n) is 7.04. The monoisotopic (exact) mass is 699 g/mol. The molecule has 53 heavy (non-hydrogen) atoms. The maximum absolute atomic E-state index is 12.9. The van der Waals surface area contributed by atoms with E-state index in [1.165, 1.54) is 0 Å². The van der Waals surface area contributed by atoms with E-state index in [0.717, 1.165) is 45.4 Å². The van der Waals surface area contributed by atoms with Gasteiger partial charge in [0.2, 0.25) is 0 Å². The number of benzene rings is 5. The van der Waals surface area contributed by atoms with E-state index in [0.29, 0.717) is 36.0 Å². The molecule has 264 valence electrons. The number of aromatic nitrogens is 5. The fraction of sp³-hybridized carbons (Fsp3) is 0.159. The number of carbonyl (C=O) groups excluding carboxylic acids is 1. The molecule has 2 N–H and O–H groups in total. The van der Waals surface area contributed by atoms with Crippen molar-refractivity contribution in [3.8, 4) is 22.5 Å². The van der Waals surface area contributed by atoms with Gasteiger partial charge in [-0.15, -0.1) is 5.10 Å². The van der Waals surface area contributed by atoms with Crippen molar-refractivity contribution in [2.24, 2.45) is 0 Å². The van der Waals surface area contributed by atoms with Crippen molar-refractivity contribution in [2.75, 3.05) is 23.8 Å². The van der Waals surface area contributed by atoms with Crippen LogP contribution in [0.15, 0.2) is 152 Å². The van der Waals surface area contributed by atoms with E-state index in [4.69, 9.17) is 20.8 Å². The zero-order valence-electron chi connectivity index (χ0n) is 29.8. The van der Waals surface area contributed by atoms with Gasteiger partial charge in [0, 0.05) is 18.7 Å². The number of nitrogens with zero attached hydrogens (tertiary/aromatic N) is 6. The van der Waals surface area contributed by atoms with Crippen LogP contribution in [0, 0.1) is 0 Å². The summed E-state index contributed by atoms with van der Waals surface area (Å²) in [5.74, 6) is 0.754. The number of ether oxygens (including phenoxy) is 1. The molecule has 0 spiro atoms. The summed E-state index contributed by atoms with van der Waals surface area (Å²) in [6.07, 6.45) is 2.45. The Morgan fingerprint density at radius 3 is 1.89 bits per heavy atom. The molecule has 9 nitrogen and oxygen atoms in total. The zero-order valence-corrected chi connectivity index (χ0v) is 29.8. The average Bonchev–Trinajstić information content (AvgIpc) is 3.70.